The first kappa shape index (κ1) is 14.2. The van der Waals surface area contributed by atoms with Crippen molar-refractivity contribution in [3.05, 3.63) is 53.8 Å². The molecule has 0 aliphatic carbocycles. The van der Waals surface area contributed by atoms with Crippen LogP contribution < -0.4 is 10.1 Å². The number of methoxy groups -OCH3 is 1. The Morgan fingerprint density at radius 2 is 1.90 bits per heavy atom. The lowest BCUT2D eigenvalue weighted by atomic mass is 10.1. The van der Waals surface area contributed by atoms with Crippen LogP contribution in [0.15, 0.2) is 42.5 Å². The molecule has 20 heavy (non-hydrogen) atoms. The van der Waals surface area contributed by atoms with Gasteiger partial charge in [-0.2, -0.15) is 0 Å². The van der Waals surface area contributed by atoms with Crippen molar-refractivity contribution in [2.24, 2.45) is 0 Å². The number of anilines is 1. The molecule has 0 fully saturated rings. The molecule has 1 unspecified atom stereocenters. The second-order valence-corrected chi connectivity index (χ2v) is 4.76. The number of halogens is 1. The summed E-state index contributed by atoms with van der Waals surface area (Å²) in [4.78, 5) is 0. The van der Waals surface area contributed by atoms with Crippen LogP contribution in [0.25, 0.3) is 0 Å². The van der Waals surface area contributed by atoms with Crippen LogP contribution in [-0.2, 0) is 6.42 Å². The lowest BCUT2D eigenvalue weighted by Gasteiger charge is -2.16. The molecule has 2 aromatic rings. The summed E-state index contributed by atoms with van der Waals surface area (Å²) in [6.45, 7) is 2.03. The van der Waals surface area contributed by atoms with Gasteiger partial charge in [-0.15, -0.1) is 0 Å². The highest BCUT2D eigenvalue weighted by Crippen LogP contribution is 2.28. The summed E-state index contributed by atoms with van der Waals surface area (Å²) in [5.41, 5.74) is 1.88. The highest BCUT2D eigenvalue weighted by molar-refractivity contribution is 5.54. The van der Waals surface area contributed by atoms with Crippen molar-refractivity contribution < 1.29 is 14.2 Å². The number of phenolic OH excluding ortho intramolecular Hbond substituents is 1. The Morgan fingerprint density at radius 1 is 1.20 bits per heavy atom. The summed E-state index contributed by atoms with van der Waals surface area (Å²) in [5.74, 6) is 0.322. The third kappa shape index (κ3) is 3.63. The third-order valence-electron chi connectivity index (χ3n) is 3.05. The maximum absolute atomic E-state index is 12.8. The van der Waals surface area contributed by atoms with Gasteiger partial charge in [0.2, 0.25) is 0 Å². The molecular weight excluding hydrogens is 257 g/mol. The minimum atomic E-state index is -0.227. The minimum absolute atomic E-state index is 0.103. The van der Waals surface area contributed by atoms with Crippen LogP contribution in [0.1, 0.15) is 12.5 Å². The van der Waals surface area contributed by atoms with Crippen LogP contribution in [0.5, 0.6) is 11.5 Å². The second-order valence-electron chi connectivity index (χ2n) is 4.76. The van der Waals surface area contributed by atoms with Gasteiger partial charge in [-0.1, -0.05) is 12.1 Å². The molecule has 2 N–H and O–H groups in total. The van der Waals surface area contributed by atoms with Gasteiger partial charge in [-0.25, -0.2) is 4.39 Å². The summed E-state index contributed by atoms with van der Waals surface area (Å²) in [7, 11) is 1.51. The van der Waals surface area contributed by atoms with Crippen LogP contribution in [0.3, 0.4) is 0 Å². The molecular formula is C16H18FNO2. The number of hydrogen-bond donors (Lipinski definition) is 2. The number of hydrogen-bond acceptors (Lipinski definition) is 3. The number of rotatable bonds is 5. The summed E-state index contributed by atoms with van der Waals surface area (Å²) in [5, 5.41) is 13.0. The van der Waals surface area contributed by atoms with E-state index in [1.807, 2.05) is 13.0 Å². The Bertz CT molecular complexity index is 569. The lowest BCUT2D eigenvalue weighted by Crippen LogP contribution is -2.17. The molecule has 0 aliphatic heterocycles. The molecule has 0 saturated heterocycles. The minimum Gasteiger partial charge on any atom is -0.504 e. The van der Waals surface area contributed by atoms with E-state index in [0.717, 1.165) is 17.7 Å². The predicted octanol–water partition coefficient (Wildman–Crippen LogP) is 3.58. The fraction of sp³-hybridized carbons (Fsp3) is 0.250. The van der Waals surface area contributed by atoms with Gasteiger partial charge in [0.05, 0.1) is 7.11 Å². The Labute approximate surface area is 118 Å². The largest absolute Gasteiger partial charge is 0.504 e. The smallest absolute Gasteiger partial charge is 0.160 e. The average molecular weight is 275 g/mol. The molecule has 4 heteroatoms. The Balaban J connectivity index is 1.99. The van der Waals surface area contributed by atoms with Gasteiger partial charge in [0, 0.05) is 17.8 Å². The molecule has 2 aromatic carbocycles. The number of aromatic hydroxyl groups is 1. The Hall–Kier alpha value is -2.23. The standard InChI is InChI=1S/C16H18FNO2/c1-11(9-12-3-5-13(17)6-4-12)18-14-7-8-16(20-2)15(19)10-14/h3-8,10-11,18-19H,9H2,1-2H3. The fourth-order valence-corrected chi connectivity index (χ4v) is 2.09. The molecule has 0 aromatic heterocycles. The second kappa shape index (κ2) is 6.28. The molecule has 3 nitrogen and oxygen atoms in total. The first-order chi connectivity index (χ1) is 9.58. The van der Waals surface area contributed by atoms with Crippen molar-refractivity contribution in [2.75, 3.05) is 12.4 Å². The van der Waals surface area contributed by atoms with Crippen molar-refractivity contribution >= 4 is 5.69 Å². The average Bonchev–Trinajstić information content (AvgIpc) is 2.41. The highest BCUT2D eigenvalue weighted by atomic mass is 19.1. The van der Waals surface area contributed by atoms with Crippen molar-refractivity contribution in [1.29, 1.82) is 0 Å². The van der Waals surface area contributed by atoms with Crippen LogP contribution in [0, 0.1) is 5.82 Å². The van der Waals surface area contributed by atoms with E-state index in [1.165, 1.54) is 19.2 Å². The zero-order valence-electron chi connectivity index (χ0n) is 11.6. The SMILES string of the molecule is COc1ccc(NC(C)Cc2ccc(F)cc2)cc1O. The zero-order chi connectivity index (χ0) is 14.5. The summed E-state index contributed by atoms with van der Waals surface area (Å²) >= 11 is 0. The Morgan fingerprint density at radius 3 is 2.50 bits per heavy atom. The summed E-state index contributed by atoms with van der Waals surface area (Å²) < 4.78 is 17.8. The molecule has 2 rings (SSSR count). The van der Waals surface area contributed by atoms with Crippen molar-refractivity contribution in [3.8, 4) is 11.5 Å². The Kier molecular flexibility index (Phi) is 4.45. The van der Waals surface area contributed by atoms with Gasteiger partial charge in [0.25, 0.3) is 0 Å². The van der Waals surface area contributed by atoms with Gasteiger partial charge in [0.1, 0.15) is 5.82 Å². The topological polar surface area (TPSA) is 41.5 Å². The van der Waals surface area contributed by atoms with Crippen LogP contribution in [0.4, 0.5) is 10.1 Å². The van der Waals surface area contributed by atoms with Gasteiger partial charge in [0.15, 0.2) is 11.5 Å². The van der Waals surface area contributed by atoms with E-state index in [9.17, 15) is 9.50 Å². The first-order valence-corrected chi connectivity index (χ1v) is 6.46. The number of phenols is 1. The molecule has 106 valence electrons. The van der Waals surface area contributed by atoms with Gasteiger partial charge in [-0.05, 0) is 43.2 Å². The maximum atomic E-state index is 12.8. The fourth-order valence-electron chi connectivity index (χ4n) is 2.09. The summed E-state index contributed by atoms with van der Waals surface area (Å²) in [6, 6.07) is 11.8. The molecule has 0 spiro atoms. The van der Waals surface area contributed by atoms with Crippen molar-refractivity contribution in [3.63, 3.8) is 0 Å². The van der Waals surface area contributed by atoms with Gasteiger partial charge in [-0.3, -0.25) is 0 Å². The predicted molar refractivity (Wildman–Crippen MR) is 77.8 cm³/mol. The van der Waals surface area contributed by atoms with Crippen molar-refractivity contribution in [2.45, 2.75) is 19.4 Å². The van der Waals surface area contributed by atoms with Crippen LogP contribution in [0.2, 0.25) is 0 Å². The molecule has 0 bridgehead atoms. The monoisotopic (exact) mass is 275 g/mol. The third-order valence-corrected chi connectivity index (χ3v) is 3.05. The maximum Gasteiger partial charge on any atom is 0.160 e. The highest BCUT2D eigenvalue weighted by Gasteiger charge is 2.07. The van der Waals surface area contributed by atoms with E-state index >= 15 is 0 Å². The molecule has 0 saturated carbocycles. The van der Waals surface area contributed by atoms with E-state index in [0.29, 0.717) is 5.75 Å². The molecule has 0 radical (unpaired) electrons. The zero-order valence-corrected chi connectivity index (χ0v) is 11.6. The summed E-state index contributed by atoms with van der Waals surface area (Å²) in [6.07, 6.45) is 0.771. The van der Waals surface area contributed by atoms with E-state index in [2.05, 4.69) is 5.32 Å². The quantitative estimate of drug-likeness (QED) is 0.876. The number of ether oxygens (including phenoxy) is 1. The number of nitrogens with one attached hydrogen (secondary N) is 1. The molecule has 0 heterocycles. The number of benzene rings is 2. The van der Waals surface area contributed by atoms with Gasteiger partial charge < -0.3 is 15.2 Å². The molecule has 0 aliphatic rings. The van der Waals surface area contributed by atoms with Gasteiger partial charge >= 0.3 is 0 Å². The van der Waals surface area contributed by atoms with Crippen LogP contribution >= 0.6 is 0 Å². The first-order valence-electron chi connectivity index (χ1n) is 6.46. The normalized spacial score (nSPS) is 11.9. The van der Waals surface area contributed by atoms with Crippen LogP contribution in [-0.4, -0.2) is 18.3 Å². The molecule has 1 atom stereocenters. The molecule has 0 amide bonds. The van der Waals surface area contributed by atoms with E-state index < -0.39 is 0 Å². The van der Waals surface area contributed by atoms with E-state index in [4.69, 9.17) is 4.74 Å². The lowest BCUT2D eigenvalue weighted by molar-refractivity contribution is 0.373. The van der Waals surface area contributed by atoms with E-state index in [-0.39, 0.29) is 17.6 Å². The van der Waals surface area contributed by atoms with E-state index in [1.54, 1.807) is 24.3 Å². The van der Waals surface area contributed by atoms with Crippen molar-refractivity contribution in [1.82, 2.24) is 0 Å².